The maximum atomic E-state index is 11.6. The van der Waals surface area contributed by atoms with E-state index in [0.29, 0.717) is 5.56 Å². The average Bonchev–Trinajstić information content (AvgIpc) is 2.36. The second-order valence-electron chi connectivity index (χ2n) is 3.81. The molecule has 0 spiro atoms. The fourth-order valence-corrected chi connectivity index (χ4v) is 1.67. The molecule has 0 aliphatic heterocycles. The van der Waals surface area contributed by atoms with Gasteiger partial charge in [0.05, 0.1) is 12.7 Å². The second kappa shape index (κ2) is 4.87. The van der Waals surface area contributed by atoms with E-state index in [1.807, 2.05) is 18.2 Å². The van der Waals surface area contributed by atoms with Crippen molar-refractivity contribution in [2.75, 3.05) is 7.11 Å². The van der Waals surface area contributed by atoms with E-state index in [-0.39, 0.29) is 0 Å². The monoisotopic (exact) mass is 244 g/mol. The summed E-state index contributed by atoms with van der Waals surface area (Å²) in [5, 5.41) is 1.84. The molecule has 0 atom stereocenters. The van der Waals surface area contributed by atoms with Gasteiger partial charge in [0.15, 0.2) is 0 Å². The van der Waals surface area contributed by atoms with Gasteiger partial charge in [-0.3, -0.25) is 4.79 Å². The SMILES string of the molecule is COc1ccc2cc(C(=O)OC(C)=O)ccc2c1. The number of carbonyl (C=O) groups excluding carboxylic acids is 2. The summed E-state index contributed by atoms with van der Waals surface area (Å²) in [6.45, 7) is 1.20. The van der Waals surface area contributed by atoms with Gasteiger partial charge in [-0.1, -0.05) is 12.1 Å². The van der Waals surface area contributed by atoms with Crippen LogP contribution in [0.25, 0.3) is 10.8 Å². The first-order chi connectivity index (χ1) is 8.60. The number of benzene rings is 2. The molecule has 2 aromatic rings. The number of methoxy groups -OCH3 is 1. The van der Waals surface area contributed by atoms with E-state index < -0.39 is 11.9 Å². The maximum absolute atomic E-state index is 11.6. The minimum atomic E-state index is -0.639. The van der Waals surface area contributed by atoms with Gasteiger partial charge in [0.1, 0.15) is 5.75 Å². The summed E-state index contributed by atoms with van der Waals surface area (Å²) in [6.07, 6.45) is 0. The number of hydrogen-bond acceptors (Lipinski definition) is 4. The molecular weight excluding hydrogens is 232 g/mol. The molecule has 4 nitrogen and oxygen atoms in total. The van der Waals surface area contributed by atoms with Crippen LogP contribution in [0.3, 0.4) is 0 Å². The van der Waals surface area contributed by atoms with Gasteiger partial charge in [-0.05, 0) is 35.0 Å². The Morgan fingerprint density at radius 3 is 2.33 bits per heavy atom. The second-order valence-corrected chi connectivity index (χ2v) is 3.81. The highest BCUT2D eigenvalue weighted by molar-refractivity contribution is 5.99. The largest absolute Gasteiger partial charge is 0.497 e. The van der Waals surface area contributed by atoms with Gasteiger partial charge < -0.3 is 9.47 Å². The lowest BCUT2D eigenvalue weighted by atomic mass is 10.1. The van der Waals surface area contributed by atoms with Crippen molar-refractivity contribution in [2.24, 2.45) is 0 Å². The van der Waals surface area contributed by atoms with Crippen molar-refractivity contribution < 1.29 is 19.1 Å². The van der Waals surface area contributed by atoms with E-state index in [1.54, 1.807) is 25.3 Å². The molecule has 2 rings (SSSR count). The summed E-state index contributed by atoms with van der Waals surface area (Å²) < 4.78 is 9.64. The molecular formula is C14H12O4. The van der Waals surface area contributed by atoms with Gasteiger partial charge in [-0.25, -0.2) is 4.79 Å². The Kier molecular flexibility index (Phi) is 3.28. The van der Waals surface area contributed by atoms with Crippen LogP contribution in [-0.4, -0.2) is 19.0 Å². The molecule has 2 aromatic carbocycles. The molecule has 0 unspecified atom stereocenters. The summed E-state index contributed by atoms with van der Waals surface area (Å²) in [5.41, 5.74) is 0.350. The summed E-state index contributed by atoms with van der Waals surface area (Å²) in [5.74, 6) is -0.503. The lowest BCUT2D eigenvalue weighted by Gasteiger charge is -2.04. The zero-order valence-corrected chi connectivity index (χ0v) is 10.1. The first-order valence-electron chi connectivity index (χ1n) is 5.40. The van der Waals surface area contributed by atoms with Crippen molar-refractivity contribution in [3.05, 3.63) is 42.0 Å². The number of rotatable bonds is 2. The Morgan fingerprint density at radius 1 is 1.00 bits per heavy atom. The van der Waals surface area contributed by atoms with Crippen LogP contribution in [0.15, 0.2) is 36.4 Å². The van der Waals surface area contributed by atoms with Gasteiger partial charge >= 0.3 is 11.9 Å². The smallest absolute Gasteiger partial charge is 0.345 e. The topological polar surface area (TPSA) is 52.6 Å². The lowest BCUT2D eigenvalue weighted by Crippen LogP contribution is -2.08. The third kappa shape index (κ3) is 2.48. The van der Waals surface area contributed by atoms with Crippen LogP contribution >= 0.6 is 0 Å². The van der Waals surface area contributed by atoms with Crippen LogP contribution < -0.4 is 4.74 Å². The molecule has 18 heavy (non-hydrogen) atoms. The highest BCUT2D eigenvalue weighted by Crippen LogP contribution is 2.22. The summed E-state index contributed by atoms with van der Waals surface area (Å²) in [6, 6.07) is 10.6. The summed E-state index contributed by atoms with van der Waals surface area (Å²) in [7, 11) is 1.60. The first-order valence-corrected chi connectivity index (χ1v) is 5.40. The molecule has 0 heterocycles. The molecule has 0 N–H and O–H groups in total. The normalized spacial score (nSPS) is 10.1. The quantitative estimate of drug-likeness (QED) is 0.601. The Labute approximate surface area is 104 Å². The van der Waals surface area contributed by atoms with Crippen LogP contribution in [0.5, 0.6) is 5.75 Å². The molecule has 0 radical (unpaired) electrons. The fourth-order valence-electron chi connectivity index (χ4n) is 1.67. The van der Waals surface area contributed by atoms with Crippen LogP contribution in [0.4, 0.5) is 0 Å². The molecule has 0 fully saturated rings. The molecule has 4 heteroatoms. The lowest BCUT2D eigenvalue weighted by molar-refractivity contribution is -0.135. The molecule has 0 aromatic heterocycles. The zero-order valence-electron chi connectivity index (χ0n) is 10.1. The Hall–Kier alpha value is -2.36. The molecule has 0 aliphatic carbocycles. The van der Waals surface area contributed by atoms with Crippen molar-refractivity contribution in [3.63, 3.8) is 0 Å². The number of carbonyl (C=O) groups is 2. The highest BCUT2D eigenvalue weighted by Gasteiger charge is 2.10. The number of hydrogen-bond donors (Lipinski definition) is 0. The summed E-state index contributed by atoms with van der Waals surface area (Å²) >= 11 is 0. The van der Waals surface area contributed by atoms with Gasteiger partial charge in [0.2, 0.25) is 0 Å². The van der Waals surface area contributed by atoms with Crippen molar-refractivity contribution in [1.29, 1.82) is 0 Å². The Morgan fingerprint density at radius 2 is 1.67 bits per heavy atom. The van der Waals surface area contributed by atoms with Gasteiger partial charge in [0, 0.05) is 6.92 Å². The standard InChI is InChI=1S/C14H12O4/c1-9(15)18-14(16)12-4-3-11-8-13(17-2)6-5-10(11)7-12/h3-8H,1-2H3. The fraction of sp³-hybridized carbons (Fsp3) is 0.143. The average molecular weight is 244 g/mol. The van der Waals surface area contributed by atoms with Crippen molar-refractivity contribution >= 4 is 22.7 Å². The maximum Gasteiger partial charge on any atom is 0.345 e. The van der Waals surface area contributed by atoms with Crippen molar-refractivity contribution in [3.8, 4) is 5.75 Å². The van der Waals surface area contributed by atoms with E-state index in [9.17, 15) is 9.59 Å². The van der Waals surface area contributed by atoms with Crippen molar-refractivity contribution in [2.45, 2.75) is 6.92 Å². The number of fused-ring (bicyclic) bond motifs is 1. The van der Waals surface area contributed by atoms with Gasteiger partial charge in [0.25, 0.3) is 0 Å². The Balaban J connectivity index is 2.39. The summed E-state index contributed by atoms with van der Waals surface area (Å²) in [4.78, 5) is 22.3. The van der Waals surface area contributed by atoms with E-state index in [2.05, 4.69) is 4.74 Å². The van der Waals surface area contributed by atoms with Gasteiger partial charge in [-0.15, -0.1) is 0 Å². The molecule has 0 aliphatic rings. The van der Waals surface area contributed by atoms with Crippen molar-refractivity contribution in [1.82, 2.24) is 0 Å². The highest BCUT2D eigenvalue weighted by atomic mass is 16.6. The minimum Gasteiger partial charge on any atom is -0.497 e. The van der Waals surface area contributed by atoms with E-state index in [0.717, 1.165) is 16.5 Å². The van der Waals surface area contributed by atoms with E-state index >= 15 is 0 Å². The van der Waals surface area contributed by atoms with Crippen LogP contribution in [0.2, 0.25) is 0 Å². The van der Waals surface area contributed by atoms with Crippen LogP contribution in [0, 0.1) is 0 Å². The molecule has 92 valence electrons. The minimum absolute atomic E-state index is 0.350. The number of ether oxygens (including phenoxy) is 2. The predicted molar refractivity (Wildman–Crippen MR) is 66.6 cm³/mol. The third-order valence-corrected chi connectivity index (χ3v) is 2.52. The molecule has 0 bridgehead atoms. The zero-order chi connectivity index (χ0) is 13.1. The van der Waals surface area contributed by atoms with Crippen LogP contribution in [-0.2, 0) is 9.53 Å². The number of esters is 2. The Bertz CT molecular complexity index is 616. The molecule has 0 saturated carbocycles. The first kappa shape index (κ1) is 12.1. The van der Waals surface area contributed by atoms with Gasteiger partial charge in [-0.2, -0.15) is 0 Å². The van der Waals surface area contributed by atoms with E-state index in [4.69, 9.17) is 4.74 Å². The molecule has 0 saturated heterocycles. The third-order valence-electron chi connectivity index (χ3n) is 2.52. The van der Waals surface area contributed by atoms with E-state index in [1.165, 1.54) is 6.92 Å². The predicted octanol–water partition coefficient (Wildman–Crippen LogP) is 2.55. The van der Waals surface area contributed by atoms with Crippen LogP contribution in [0.1, 0.15) is 17.3 Å². The molecule has 0 amide bonds.